The van der Waals surface area contributed by atoms with Crippen LogP contribution >= 0.6 is 0 Å². The Morgan fingerprint density at radius 1 is 1.36 bits per heavy atom. The molecule has 1 unspecified atom stereocenters. The largest absolute Gasteiger partial charge is 0.315 e. The summed E-state index contributed by atoms with van der Waals surface area (Å²) in [5.41, 5.74) is 0.401. The summed E-state index contributed by atoms with van der Waals surface area (Å²) in [6.45, 7) is 11.4. The van der Waals surface area contributed by atoms with Gasteiger partial charge in [-0.3, -0.25) is 4.90 Å². The molecular formula is C12H26N2. The van der Waals surface area contributed by atoms with Crippen molar-refractivity contribution >= 4 is 0 Å². The van der Waals surface area contributed by atoms with E-state index in [1.54, 1.807) is 0 Å². The molecule has 0 spiro atoms. The molecule has 0 bridgehead atoms. The minimum atomic E-state index is 0.401. The quantitative estimate of drug-likeness (QED) is 0.728. The summed E-state index contributed by atoms with van der Waals surface area (Å²) < 4.78 is 0. The molecule has 1 N–H and O–H groups in total. The zero-order valence-electron chi connectivity index (χ0n) is 10.4. The monoisotopic (exact) mass is 198 g/mol. The fraction of sp³-hybridized carbons (Fsp3) is 1.00. The van der Waals surface area contributed by atoms with Gasteiger partial charge < -0.3 is 5.32 Å². The van der Waals surface area contributed by atoms with E-state index in [-0.39, 0.29) is 0 Å². The summed E-state index contributed by atoms with van der Waals surface area (Å²) in [5, 5.41) is 3.55. The Kier molecular flexibility index (Phi) is 3.96. The van der Waals surface area contributed by atoms with Crippen molar-refractivity contribution in [2.45, 2.75) is 52.6 Å². The standard InChI is InChI=1S/C12H26N2/c1-10(14(5)11-6-7-11)8-13-9-12(2,3)4/h10-11,13H,6-9H2,1-5H3. The van der Waals surface area contributed by atoms with Gasteiger partial charge in [0, 0.05) is 25.2 Å². The van der Waals surface area contributed by atoms with E-state index in [4.69, 9.17) is 0 Å². The van der Waals surface area contributed by atoms with Gasteiger partial charge in [-0.05, 0) is 32.2 Å². The molecule has 1 atom stereocenters. The summed E-state index contributed by atoms with van der Waals surface area (Å²) >= 11 is 0. The molecule has 2 heteroatoms. The van der Waals surface area contributed by atoms with Crippen LogP contribution < -0.4 is 5.32 Å². The second-order valence-electron chi connectivity index (χ2n) is 5.94. The zero-order valence-corrected chi connectivity index (χ0v) is 10.4. The van der Waals surface area contributed by atoms with Gasteiger partial charge in [-0.25, -0.2) is 0 Å². The summed E-state index contributed by atoms with van der Waals surface area (Å²) in [7, 11) is 2.25. The van der Waals surface area contributed by atoms with Crippen LogP contribution in [0.3, 0.4) is 0 Å². The third-order valence-electron chi connectivity index (χ3n) is 2.91. The lowest BCUT2D eigenvalue weighted by Gasteiger charge is -2.26. The lowest BCUT2D eigenvalue weighted by atomic mass is 9.97. The van der Waals surface area contributed by atoms with E-state index in [1.807, 2.05) is 0 Å². The first-order chi connectivity index (χ1) is 6.40. The molecule has 0 aromatic carbocycles. The van der Waals surface area contributed by atoms with Crippen LogP contribution in [-0.2, 0) is 0 Å². The summed E-state index contributed by atoms with van der Waals surface area (Å²) in [6.07, 6.45) is 2.81. The Balaban J connectivity index is 2.11. The number of nitrogens with zero attached hydrogens (tertiary/aromatic N) is 1. The Bertz CT molecular complexity index is 168. The van der Waals surface area contributed by atoms with Crippen LogP contribution in [0.1, 0.15) is 40.5 Å². The molecular weight excluding hydrogens is 172 g/mol. The van der Waals surface area contributed by atoms with Crippen LogP contribution in [0.15, 0.2) is 0 Å². The molecule has 0 aromatic heterocycles. The Labute approximate surface area is 89.1 Å². The van der Waals surface area contributed by atoms with E-state index >= 15 is 0 Å². The van der Waals surface area contributed by atoms with Gasteiger partial charge in [0.2, 0.25) is 0 Å². The van der Waals surface area contributed by atoms with Gasteiger partial charge in [0.05, 0.1) is 0 Å². The normalized spacial score (nSPS) is 20.1. The van der Waals surface area contributed by atoms with Crippen molar-refractivity contribution in [1.82, 2.24) is 10.2 Å². The van der Waals surface area contributed by atoms with Gasteiger partial charge >= 0.3 is 0 Å². The Morgan fingerprint density at radius 2 is 1.93 bits per heavy atom. The Hall–Kier alpha value is -0.0800. The molecule has 0 saturated heterocycles. The number of nitrogens with one attached hydrogen (secondary N) is 1. The average molecular weight is 198 g/mol. The highest BCUT2D eigenvalue weighted by Gasteiger charge is 2.28. The van der Waals surface area contributed by atoms with Gasteiger partial charge in [-0.15, -0.1) is 0 Å². The number of likely N-dealkylation sites (N-methyl/N-ethyl adjacent to an activating group) is 1. The predicted octanol–water partition coefficient (Wildman–Crippen LogP) is 2.10. The first-order valence-electron chi connectivity index (χ1n) is 5.83. The smallest absolute Gasteiger partial charge is 0.0192 e. The van der Waals surface area contributed by atoms with Crippen molar-refractivity contribution in [3.63, 3.8) is 0 Å². The zero-order chi connectivity index (χ0) is 10.8. The topological polar surface area (TPSA) is 15.3 Å². The first-order valence-corrected chi connectivity index (χ1v) is 5.83. The molecule has 14 heavy (non-hydrogen) atoms. The third-order valence-corrected chi connectivity index (χ3v) is 2.91. The lowest BCUT2D eigenvalue weighted by Crippen LogP contribution is -2.41. The first kappa shape index (κ1) is 12.0. The van der Waals surface area contributed by atoms with E-state index in [9.17, 15) is 0 Å². The van der Waals surface area contributed by atoms with Crippen molar-refractivity contribution in [1.29, 1.82) is 0 Å². The molecule has 0 heterocycles. The molecule has 84 valence electrons. The summed E-state index contributed by atoms with van der Waals surface area (Å²) in [4.78, 5) is 2.51. The fourth-order valence-corrected chi connectivity index (χ4v) is 1.64. The molecule has 0 aromatic rings. The van der Waals surface area contributed by atoms with Crippen LogP contribution in [0.4, 0.5) is 0 Å². The van der Waals surface area contributed by atoms with Crippen LogP contribution in [0.25, 0.3) is 0 Å². The highest BCUT2D eigenvalue weighted by Crippen LogP contribution is 2.26. The molecule has 1 rings (SSSR count). The molecule has 0 aliphatic heterocycles. The van der Waals surface area contributed by atoms with Crippen LogP contribution in [0.2, 0.25) is 0 Å². The lowest BCUT2D eigenvalue weighted by molar-refractivity contribution is 0.233. The van der Waals surface area contributed by atoms with E-state index in [2.05, 4.69) is 45.0 Å². The third kappa shape index (κ3) is 4.43. The second-order valence-corrected chi connectivity index (χ2v) is 5.94. The van der Waals surface area contributed by atoms with Crippen molar-refractivity contribution in [3.05, 3.63) is 0 Å². The van der Waals surface area contributed by atoms with E-state index in [0.29, 0.717) is 11.5 Å². The summed E-state index contributed by atoms with van der Waals surface area (Å²) in [6, 6.07) is 1.55. The molecule has 1 aliphatic carbocycles. The Morgan fingerprint density at radius 3 is 2.36 bits per heavy atom. The minimum Gasteiger partial charge on any atom is -0.315 e. The maximum Gasteiger partial charge on any atom is 0.0192 e. The van der Waals surface area contributed by atoms with Gasteiger partial charge in [0.1, 0.15) is 0 Å². The second kappa shape index (κ2) is 4.63. The SMILES string of the molecule is CC(CNCC(C)(C)C)N(C)C1CC1. The highest BCUT2D eigenvalue weighted by molar-refractivity contribution is 4.85. The summed E-state index contributed by atoms with van der Waals surface area (Å²) in [5.74, 6) is 0. The van der Waals surface area contributed by atoms with Crippen LogP contribution in [-0.4, -0.2) is 37.1 Å². The van der Waals surface area contributed by atoms with Crippen molar-refractivity contribution in [2.75, 3.05) is 20.1 Å². The van der Waals surface area contributed by atoms with Gasteiger partial charge in [0.25, 0.3) is 0 Å². The highest BCUT2D eigenvalue weighted by atomic mass is 15.2. The molecule has 0 radical (unpaired) electrons. The van der Waals surface area contributed by atoms with Crippen molar-refractivity contribution in [2.24, 2.45) is 5.41 Å². The average Bonchev–Trinajstić information content (AvgIpc) is 2.82. The predicted molar refractivity (Wildman–Crippen MR) is 62.6 cm³/mol. The molecule has 1 saturated carbocycles. The van der Waals surface area contributed by atoms with E-state index < -0.39 is 0 Å². The fourth-order valence-electron chi connectivity index (χ4n) is 1.64. The van der Waals surface area contributed by atoms with Crippen LogP contribution in [0.5, 0.6) is 0 Å². The van der Waals surface area contributed by atoms with E-state index in [0.717, 1.165) is 19.1 Å². The van der Waals surface area contributed by atoms with E-state index in [1.165, 1.54) is 12.8 Å². The molecule has 2 nitrogen and oxygen atoms in total. The number of hydrogen-bond donors (Lipinski definition) is 1. The molecule has 1 fully saturated rings. The van der Waals surface area contributed by atoms with Crippen molar-refractivity contribution in [3.8, 4) is 0 Å². The molecule has 1 aliphatic rings. The van der Waals surface area contributed by atoms with Crippen molar-refractivity contribution < 1.29 is 0 Å². The number of hydrogen-bond acceptors (Lipinski definition) is 2. The maximum atomic E-state index is 3.55. The van der Waals surface area contributed by atoms with Gasteiger partial charge in [-0.1, -0.05) is 20.8 Å². The number of rotatable bonds is 5. The minimum absolute atomic E-state index is 0.401. The molecule has 0 amide bonds. The maximum absolute atomic E-state index is 3.55. The van der Waals surface area contributed by atoms with Gasteiger partial charge in [-0.2, -0.15) is 0 Å². The van der Waals surface area contributed by atoms with Crippen LogP contribution in [0, 0.1) is 5.41 Å². The van der Waals surface area contributed by atoms with Gasteiger partial charge in [0.15, 0.2) is 0 Å².